The highest BCUT2D eigenvalue weighted by atomic mass is 16.5. The predicted molar refractivity (Wildman–Crippen MR) is 98.8 cm³/mol. The average molecular weight is 350 g/mol. The maximum absolute atomic E-state index is 12.9. The van der Waals surface area contributed by atoms with Crippen molar-refractivity contribution >= 4 is 22.5 Å². The first kappa shape index (κ1) is 16.8. The second-order valence-electron chi connectivity index (χ2n) is 6.88. The maximum Gasteiger partial charge on any atom is 0.227 e. The number of hydrogen-bond acceptors (Lipinski definition) is 5. The number of ether oxygens (including phenoxy) is 1. The molecule has 1 aromatic carbocycles. The zero-order chi connectivity index (χ0) is 17.9. The zero-order valence-electron chi connectivity index (χ0n) is 14.7. The minimum Gasteiger partial charge on any atom is -0.378 e. The molecule has 3 heterocycles. The van der Waals surface area contributed by atoms with Gasteiger partial charge < -0.3 is 14.5 Å². The van der Waals surface area contributed by atoms with Gasteiger partial charge in [0.2, 0.25) is 5.91 Å². The van der Waals surface area contributed by atoms with E-state index >= 15 is 0 Å². The Hall–Kier alpha value is -2.65. The number of benzene rings is 1. The van der Waals surface area contributed by atoms with E-state index in [0.29, 0.717) is 38.5 Å². The van der Waals surface area contributed by atoms with E-state index in [1.165, 1.54) is 0 Å². The van der Waals surface area contributed by atoms with Crippen molar-refractivity contribution in [2.24, 2.45) is 5.92 Å². The number of pyridine rings is 1. The summed E-state index contributed by atoms with van der Waals surface area (Å²) in [4.78, 5) is 21.5. The van der Waals surface area contributed by atoms with Gasteiger partial charge in [-0.3, -0.25) is 4.79 Å². The lowest BCUT2D eigenvalue weighted by atomic mass is 9.95. The van der Waals surface area contributed by atoms with E-state index in [0.717, 1.165) is 36.0 Å². The van der Waals surface area contributed by atoms with E-state index in [1.807, 2.05) is 35.2 Å². The molecule has 0 spiro atoms. The number of carbonyl (C=O) groups is 1. The smallest absolute Gasteiger partial charge is 0.227 e. The lowest BCUT2D eigenvalue weighted by Crippen LogP contribution is -2.48. The number of nitriles is 1. The molecule has 2 fully saturated rings. The van der Waals surface area contributed by atoms with Gasteiger partial charge in [0.15, 0.2) is 0 Å². The van der Waals surface area contributed by atoms with Crippen LogP contribution in [-0.2, 0) is 9.53 Å². The number of carbonyl (C=O) groups excluding carboxylic acids is 1. The van der Waals surface area contributed by atoms with Crippen molar-refractivity contribution in [2.45, 2.75) is 12.8 Å². The van der Waals surface area contributed by atoms with Crippen molar-refractivity contribution < 1.29 is 9.53 Å². The van der Waals surface area contributed by atoms with Crippen LogP contribution in [0.25, 0.3) is 10.9 Å². The van der Waals surface area contributed by atoms with Crippen molar-refractivity contribution in [1.82, 2.24) is 9.88 Å². The lowest BCUT2D eigenvalue weighted by molar-refractivity contribution is -0.139. The molecule has 6 heteroatoms. The van der Waals surface area contributed by atoms with Gasteiger partial charge in [0, 0.05) is 37.3 Å². The van der Waals surface area contributed by atoms with Gasteiger partial charge in [-0.05, 0) is 25.0 Å². The topological polar surface area (TPSA) is 69.5 Å². The molecule has 2 saturated heterocycles. The molecular weight excluding hydrogens is 328 g/mol. The molecule has 1 unspecified atom stereocenters. The van der Waals surface area contributed by atoms with Crippen molar-refractivity contribution in [3.05, 3.63) is 36.0 Å². The largest absolute Gasteiger partial charge is 0.378 e. The van der Waals surface area contributed by atoms with Gasteiger partial charge in [-0.1, -0.05) is 18.2 Å². The van der Waals surface area contributed by atoms with Crippen LogP contribution in [-0.4, -0.2) is 55.2 Å². The Balaban J connectivity index is 1.61. The summed E-state index contributed by atoms with van der Waals surface area (Å²) in [6.07, 6.45) is 1.89. The third-order valence-corrected chi connectivity index (χ3v) is 5.24. The lowest BCUT2D eigenvalue weighted by Gasteiger charge is -2.37. The molecule has 1 amide bonds. The van der Waals surface area contributed by atoms with Crippen LogP contribution in [0.4, 0.5) is 5.69 Å². The SMILES string of the molecule is N#Cc1cc(N2CCCC(C(=O)N3CCOCC3)C2)c2ccccc2n1. The minimum absolute atomic E-state index is 0.000636. The highest BCUT2D eigenvalue weighted by Crippen LogP contribution is 2.31. The summed E-state index contributed by atoms with van der Waals surface area (Å²) in [6.45, 7) is 4.21. The Labute approximate surface area is 153 Å². The van der Waals surface area contributed by atoms with Crippen LogP contribution in [0.15, 0.2) is 30.3 Å². The number of amides is 1. The summed E-state index contributed by atoms with van der Waals surface area (Å²) in [7, 11) is 0. The molecule has 2 aromatic rings. The summed E-state index contributed by atoms with van der Waals surface area (Å²) < 4.78 is 5.36. The number of nitrogens with zero attached hydrogens (tertiary/aromatic N) is 4. The van der Waals surface area contributed by atoms with E-state index in [-0.39, 0.29) is 11.8 Å². The fourth-order valence-corrected chi connectivity index (χ4v) is 3.92. The molecule has 2 aliphatic rings. The van der Waals surface area contributed by atoms with E-state index < -0.39 is 0 Å². The van der Waals surface area contributed by atoms with E-state index in [4.69, 9.17) is 4.74 Å². The second-order valence-corrected chi connectivity index (χ2v) is 6.88. The summed E-state index contributed by atoms with van der Waals surface area (Å²) >= 11 is 0. The number of morpholine rings is 1. The van der Waals surface area contributed by atoms with E-state index in [2.05, 4.69) is 16.0 Å². The van der Waals surface area contributed by atoms with Crippen LogP contribution in [0.5, 0.6) is 0 Å². The van der Waals surface area contributed by atoms with Gasteiger partial charge in [-0.2, -0.15) is 5.26 Å². The number of aromatic nitrogens is 1. The summed E-state index contributed by atoms with van der Waals surface area (Å²) in [5.74, 6) is 0.233. The predicted octanol–water partition coefficient (Wildman–Crippen LogP) is 2.18. The van der Waals surface area contributed by atoms with Crippen LogP contribution in [0.3, 0.4) is 0 Å². The van der Waals surface area contributed by atoms with Gasteiger partial charge in [-0.15, -0.1) is 0 Å². The molecular formula is C20H22N4O2. The monoisotopic (exact) mass is 350 g/mol. The Morgan fingerprint density at radius 3 is 2.85 bits per heavy atom. The van der Waals surface area contributed by atoms with Gasteiger partial charge in [0.05, 0.1) is 24.6 Å². The Morgan fingerprint density at radius 2 is 2.04 bits per heavy atom. The number of para-hydroxylation sites is 1. The molecule has 6 nitrogen and oxygen atoms in total. The van der Waals surface area contributed by atoms with Gasteiger partial charge in [0.25, 0.3) is 0 Å². The van der Waals surface area contributed by atoms with Crippen LogP contribution in [0, 0.1) is 17.2 Å². The molecule has 4 rings (SSSR count). The molecule has 2 aliphatic heterocycles. The molecule has 0 N–H and O–H groups in total. The number of piperidine rings is 1. The van der Waals surface area contributed by atoms with Crippen LogP contribution in [0.2, 0.25) is 0 Å². The van der Waals surface area contributed by atoms with Crippen molar-refractivity contribution in [3.63, 3.8) is 0 Å². The van der Waals surface area contributed by atoms with Crippen LogP contribution in [0.1, 0.15) is 18.5 Å². The quantitative estimate of drug-likeness (QED) is 0.830. The Kier molecular flexibility index (Phi) is 4.72. The fourth-order valence-electron chi connectivity index (χ4n) is 3.92. The molecule has 0 aliphatic carbocycles. The number of anilines is 1. The molecule has 0 bridgehead atoms. The summed E-state index contributed by atoms with van der Waals surface area (Å²) in [5.41, 5.74) is 2.25. The second kappa shape index (κ2) is 7.30. The normalized spacial score (nSPS) is 20.8. The molecule has 1 atom stereocenters. The van der Waals surface area contributed by atoms with Gasteiger partial charge in [-0.25, -0.2) is 4.98 Å². The van der Waals surface area contributed by atoms with Crippen LogP contribution >= 0.6 is 0 Å². The first-order valence-electron chi connectivity index (χ1n) is 9.17. The summed E-state index contributed by atoms with van der Waals surface area (Å²) in [6, 6.07) is 11.9. The minimum atomic E-state index is -0.000636. The first-order chi connectivity index (χ1) is 12.8. The van der Waals surface area contributed by atoms with Crippen molar-refractivity contribution in [2.75, 3.05) is 44.3 Å². The molecule has 26 heavy (non-hydrogen) atoms. The Morgan fingerprint density at radius 1 is 1.23 bits per heavy atom. The molecule has 0 saturated carbocycles. The fraction of sp³-hybridized carbons (Fsp3) is 0.450. The van der Waals surface area contributed by atoms with E-state index in [1.54, 1.807) is 0 Å². The van der Waals surface area contributed by atoms with Gasteiger partial charge in [0.1, 0.15) is 11.8 Å². The van der Waals surface area contributed by atoms with Crippen molar-refractivity contribution in [3.8, 4) is 6.07 Å². The number of rotatable bonds is 2. The third kappa shape index (κ3) is 3.23. The maximum atomic E-state index is 12.9. The first-order valence-corrected chi connectivity index (χ1v) is 9.17. The average Bonchev–Trinajstić information content (AvgIpc) is 2.73. The van der Waals surface area contributed by atoms with Crippen molar-refractivity contribution in [1.29, 1.82) is 5.26 Å². The summed E-state index contributed by atoms with van der Waals surface area (Å²) in [5, 5.41) is 10.4. The highest BCUT2D eigenvalue weighted by molar-refractivity contribution is 5.92. The number of fused-ring (bicyclic) bond motifs is 1. The zero-order valence-corrected chi connectivity index (χ0v) is 14.7. The Bertz CT molecular complexity index is 855. The molecule has 0 radical (unpaired) electrons. The van der Waals surface area contributed by atoms with E-state index in [9.17, 15) is 10.1 Å². The number of hydrogen-bond donors (Lipinski definition) is 0. The highest BCUT2D eigenvalue weighted by Gasteiger charge is 2.30. The standard InChI is InChI=1S/C20H22N4O2/c21-13-16-12-19(17-5-1-2-6-18(17)22-16)24-7-3-4-15(14-24)20(25)23-8-10-26-11-9-23/h1-2,5-6,12,15H,3-4,7-11,14H2. The van der Waals surface area contributed by atoms with Gasteiger partial charge >= 0.3 is 0 Å². The molecule has 1 aromatic heterocycles. The third-order valence-electron chi connectivity index (χ3n) is 5.24. The molecule has 134 valence electrons. The van der Waals surface area contributed by atoms with Crippen LogP contribution < -0.4 is 4.90 Å².